The van der Waals surface area contributed by atoms with Gasteiger partial charge in [0.2, 0.25) is 10.0 Å². The Morgan fingerprint density at radius 3 is 2.62 bits per heavy atom. The first kappa shape index (κ1) is 15.4. The highest BCUT2D eigenvalue weighted by molar-refractivity contribution is 7.88. The largest absolute Gasteiger partial charge is 0.369 e. The average molecular weight is 310 g/mol. The molecule has 2 heterocycles. The van der Waals surface area contributed by atoms with Crippen molar-refractivity contribution < 1.29 is 8.42 Å². The standard InChI is InChI=1S/C12H18N6O2S/c1-9-16-11(14-4-5-15-21(3,19)20)8-12(17-9)18-7-6-13-10(18)2/h6-8,15H,4-5H2,1-3H3,(H,14,16,17). The van der Waals surface area contributed by atoms with Crippen molar-refractivity contribution in [2.24, 2.45) is 0 Å². The number of nitrogens with one attached hydrogen (secondary N) is 2. The molecular weight excluding hydrogens is 292 g/mol. The fourth-order valence-corrected chi connectivity index (χ4v) is 2.29. The van der Waals surface area contributed by atoms with Gasteiger partial charge in [-0.15, -0.1) is 0 Å². The third-order valence-electron chi connectivity index (χ3n) is 2.69. The van der Waals surface area contributed by atoms with Gasteiger partial charge in [0.15, 0.2) is 0 Å². The lowest BCUT2D eigenvalue weighted by Gasteiger charge is -2.10. The van der Waals surface area contributed by atoms with Crippen LogP contribution < -0.4 is 10.0 Å². The first-order valence-electron chi connectivity index (χ1n) is 6.40. The van der Waals surface area contributed by atoms with E-state index in [0.29, 0.717) is 24.7 Å². The topological polar surface area (TPSA) is 102 Å². The second kappa shape index (κ2) is 6.19. The molecule has 9 heteroatoms. The number of imidazole rings is 1. The molecule has 0 amide bonds. The van der Waals surface area contributed by atoms with E-state index in [1.807, 2.05) is 17.7 Å². The van der Waals surface area contributed by atoms with Gasteiger partial charge in [-0.25, -0.2) is 28.1 Å². The van der Waals surface area contributed by atoms with E-state index < -0.39 is 10.0 Å². The molecule has 0 fully saturated rings. The Morgan fingerprint density at radius 2 is 2.00 bits per heavy atom. The third-order valence-corrected chi connectivity index (χ3v) is 3.42. The summed E-state index contributed by atoms with van der Waals surface area (Å²) < 4.78 is 26.2. The van der Waals surface area contributed by atoms with Crippen molar-refractivity contribution in [2.75, 3.05) is 24.7 Å². The molecule has 0 radical (unpaired) electrons. The molecule has 114 valence electrons. The van der Waals surface area contributed by atoms with E-state index in [1.54, 1.807) is 19.2 Å². The Balaban J connectivity index is 2.08. The van der Waals surface area contributed by atoms with Gasteiger partial charge in [-0.05, 0) is 13.8 Å². The van der Waals surface area contributed by atoms with Gasteiger partial charge in [0.1, 0.15) is 23.3 Å². The van der Waals surface area contributed by atoms with Crippen LogP contribution in [0.1, 0.15) is 11.6 Å². The zero-order chi connectivity index (χ0) is 15.5. The van der Waals surface area contributed by atoms with Crippen LogP contribution in [-0.4, -0.2) is 47.3 Å². The van der Waals surface area contributed by atoms with Gasteiger partial charge in [0.05, 0.1) is 6.26 Å². The van der Waals surface area contributed by atoms with Crippen LogP contribution in [-0.2, 0) is 10.0 Å². The summed E-state index contributed by atoms with van der Waals surface area (Å²) in [6, 6.07) is 1.79. The fraction of sp³-hybridized carbons (Fsp3) is 0.417. The smallest absolute Gasteiger partial charge is 0.208 e. The monoisotopic (exact) mass is 310 g/mol. The van der Waals surface area contributed by atoms with Gasteiger partial charge >= 0.3 is 0 Å². The van der Waals surface area contributed by atoms with Gasteiger partial charge in [0.25, 0.3) is 0 Å². The SMILES string of the molecule is Cc1nc(NCCNS(C)(=O)=O)cc(-n2ccnc2C)n1. The number of rotatable bonds is 6. The average Bonchev–Trinajstić information content (AvgIpc) is 2.79. The Labute approximate surface area is 123 Å². The number of aromatic nitrogens is 4. The van der Waals surface area contributed by atoms with Crippen molar-refractivity contribution in [1.82, 2.24) is 24.2 Å². The fourth-order valence-electron chi connectivity index (χ4n) is 1.81. The minimum absolute atomic E-state index is 0.293. The Kier molecular flexibility index (Phi) is 4.53. The number of sulfonamides is 1. The molecule has 0 saturated carbocycles. The number of aryl methyl sites for hydroxylation is 2. The van der Waals surface area contributed by atoms with E-state index in [2.05, 4.69) is 25.0 Å². The van der Waals surface area contributed by atoms with Crippen molar-refractivity contribution in [1.29, 1.82) is 0 Å². The molecule has 0 saturated heterocycles. The molecule has 0 aliphatic heterocycles. The van der Waals surface area contributed by atoms with E-state index in [9.17, 15) is 8.42 Å². The molecule has 21 heavy (non-hydrogen) atoms. The van der Waals surface area contributed by atoms with Gasteiger partial charge in [-0.1, -0.05) is 0 Å². The van der Waals surface area contributed by atoms with Crippen molar-refractivity contribution in [3.63, 3.8) is 0 Å². The van der Waals surface area contributed by atoms with E-state index in [0.717, 1.165) is 17.9 Å². The summed E-state index contributed by atoms with van der Waals surface area (Å²) in [6.07, 6.45) is 4.66. The van der Waals surface area contributed by atoms with Gasteiger partial charge in [-0.3, -0.25) is 4.57 Å². The maximum Gasteiger partial charge on any atom is 0.208 e. The number of anilines is 1. The maximum atomic E-state index is 11.0. The molecule has 0 aliphatic rings. The summed E-state index contributed by atoms with van der Waals surface area (Å²) in [7, 11) is -3.17. The first-order chi connectivity index (χ1) is 9.85. The van der Waals surface area contributed by atoms with Crippen molar-refractivity contribution >= 4 is 15.8 Å². The number of nitrogens with zero attached hydrogens (tertiary/aromatic N) is 4. The van der Waals surface area contributed by atoms with Crippen molar-refractivity contribution in [3.05, 3.63) is 30.1 Å². The summed E-state index contributed by atoms with van der Waals surface area (Å²) in [6.45, 7) is 4.42. The Morgan fingerprint density at radius 1 is 1.24 bits per heavy atom. The van der Waals surface area contributed by atoms with Gasteiger partial charge in [0, 0.05) is 31.5 Å². The molecule has 0 unspecified atom stereocenters. The summed E-state index contributed by atoms with van der Waals surface area (Å²) in [5.41, 5.74) is 0. The lowest BCUT2D eigenvalue weighted by Crippen LogP contribution is -2.27. The molecule has 2 aromatic rings. The summed E-state index contributed by atoms with van der Waals surface area (Å²) >= 11 is 0. The molecule has 2 rings (SSSR count). The zero-order valence-electron chi connectivity index (χ0n) is 12.2. The minimum Gasteiger partial charge on any atom is -0.369 e. The Bertz CT molecular complexity index is 725. The molecule has 0 atom stereocenters. The van der Waals surface area contributed by atoms with Crippen LogP contribution in [0.25, 0.3) is 5.82 Å². The normalized spacial score (nSPS) is 11.6. The number of hydrogen-bond acceptors (Lipinski definition) is 6. The lowest BCUT2D eigenvalue weighted by atomic mass is 10.4. The highest BCUT2D eigenvalue weighted by Gasteiger charge is 2.06. The summed E-state index contributed by atoms with van der Waals surface area (Å²) in [4.78, 5) is 12.8. The second-order valence-electron chi connectivity index (χ2n) is 4.60. The van der Waals surface area contributed by atoms with Gasteiger partial charge in [-0.2, -0.15) is 0 Å². The van der Waals surface area contributed by atoms with Gasteiger partial charge < -0.3 is 5.32 Å². The summed E-state index contributed by atoms with van der Waals surface area (Å²) in [5, 5.41) is 3.07. The molecule has 0 bridgehead atoms. The van der Waals surface area contributed by atoms with Crippen molar-refractivity contribution in [2.45, 2.75) is 13.8 Å². The summed E-state index contributed by atoms with van der Waals surface area (Å²) in [5.74, 6) is 2.81. The molecule has 0 aliphatic carbocycles. The molecular formula is C12H18N6O2S. The zero-order valence-corrected chi connectivity index (χ0v) is 13.0. The van der Waals surface area contributed by atoms with Crippen LogP contribution in [0.4, 0.5) is 5.82 Å². The molecule has 2 N–H and O–H groups in total. The predicted octanol–water partition coefficient (Wildman–Crippen LogP) is 0.240. The van der Waals surface area contributed by atoms with Crippen LogP contribution in [0, 0.1) is 13.8 Å². The highest BCUT2D eigenvalue weighted by Crippen LogP contribution is 2.12. The maximum absolute atomic E-state index is 11.0. The second-order valence-corrected chi connectivity index (χ2v) is 6.43. The molecule has 2 aromatic heterocycles. The molecule has 0 aromatic carbocycles. The lowest BCUT2D eigenvalue weighted by molar-refractivity contribution is 0.589. The van der Waals surface area contributed by atoms with Crippen LogP contribution in [0.15, 0.2) is 18.5 Å². The van der Waals surface area contributed by atoms with E-state index in [1.165, 1.54) is 0 Å². The van der Waals surface area contributed by atoms with Crippen LogP contribution in [0.3, 0.4) is 0 Å². The predicted molar refractivity (Wildman–Crippen MR) is 80.0 cm³/mol. The minimum atomic E-state index is -3.17. The molecule has 0 spiro atoms. The quantitative estimate of drug-likeness (QED) is 0.741. The van der Waals surface area contributed by atoms with Crippen molar-refractivity contribution in [3.8, 4) is 5.82 Å². The van der Waals surface area contributed by atoms with Crippen LogP contribution in [0.2, 0.25) is 0 Å². The van der Waals surface area contributed by atoms with Crippen LogP contribution >= 0.6 is 0 Å². The highest BCUT2D eigenvalue weighted by atomic mass is 32.2. The molecule has 8 nitrogen and oxygen atoms in total. The van der Waals surface area contributed by atoms with E-state index in [-0.39, 0.29) is 0 Å². The van der Waals surface area contributed by atoms with E-state index in [4.69, 9.17) is 0 Å². The number of hydrogen-bond donors (Lipinski definition) is 2. The van der Waals surface area contributed by atoms with Crippen LogP contribution in [0.5, 0.6) is 0 Å². The first-order valence-corrected chi connectivity index (χ1v) is 8.29. The van der Waals surface area contributed by atoms with E-state index >= 15 is 0 Å². The third kappa shape index (κ3) is 4.50. The Hall–Kier alpha value is -2.00.